The van der Waals surface area contributed by atoms with Crippen molar-refractivity contribution in [2.45, 2.75) is 19.3 Å². The van der Waals surface area contributed by atoms with Gasteiger partial charge in [-0.15, -0.1) is 0 Å². The largest absolute Gasteiger partial charge is 0.309 e. The molecule has 0 saturated heterocycles. The standard InChI is InChI=1S/C40H28N6/c1-40(2)32-23-41-24-42-35(32)31-21-20-30-29-18-9-10-19-33(29)46(36(30)34(31)40)28-17-11-16-27(22-28)39-44-37(25-12-5-3-6-13-25)43-38(45-39)26-14-7-4-8-15-26/h3-24H,1-2H3. The Kier molecular flexibility index (Phi) is 5.74. The summed E-state index contributed by atoms with van der Waals surface area (Å²) < 4.78 is 2.39. The molecule has 6 heteroatoms. The molecule has 0 N–H and O–H groups in total. The van der Waals surface area contributed by atoms with Crippen molar-refractivity contribution in [2.75, 3.05) is 0 Å². The monoisotopic (exact) mass is 592 g/mol. The molecule has 0 amide bonds. The lowest BCUT2D eigenvalue weighted by atomic mass is 9.82. The maximum atomic E-state index is 5.01. The molecule has 0 spiro atoms. The number of para-hydroxylation sites is 1. The summed E-state index contributed by atoms with van der Waals surface area (Å²) in [5, 5.41) is 2.42. The maximum Gasteiger partial charge on any atom is 0.164 e. The number of hydrogen-bond acceptors (Lipinski definition) is 5. The first-order valence-electron chi connectivity index (χ1n) is 15.4. The highest BCUT2D eigenvalue weighted by molar-refractivity contribution is 6.13. The lowest BCUT2D eigenvalue weighted by Crippen LogP contribution is -2.17. The Labute approximate surface area is 266 Å². The molecule has 9 rings (SSSR count). The zero-order valence-corrected chi connectivity index (χ0v) is 25.4. The van der Waals surface area contributed by atoms with Gasteiger partial charge in [0.05, 0.1) is 16.7 Å². The Bertz CT molecular complexity index is 2390. The van der Waals surface area contributed by atoms with Crippen molar-refractivity contribution in [3.63, 3.8) is 0 Å². The lowest BCUT2D eigenvalue weighted by molar-refractivity contribution is 0.658. The van der Waals surface area contributed by atoms with E-state index in [2.05, 4.69) is 84.1 Å². The third-order valence-electron chi connectivity index (χ3n) is 9.16. The van der Waals surface area contributed by atoms with E-state index in [4.69, 9.17) is 19.9 Å². The summed E-state index contributed by atoms with van der Waals surface area (Å²) in [5.41, 5.74) is 10.5. The van der Waals surface area contributed by atoms with Gasteiger partial charge < -0.3 is 4.57 Å². The predicted molar refractivity (Wildman–Crippen MR) is 184 cm³/mol. The molecule has 0 aliphatic heterocycles. The van der Waals surface area contributed by atoms with Crippen LogP contribution in [-0.2, 0) is 5.41 Å². The number of rotatable bonds is 4. The van der Waals surface area contributed by atoms with Gasteiger partial charge in [-0.1, -0.05) is 117 Å². The van der Waals surface area contributed by atoms with Gasteiger partial charge in [0, 0.05) is 55.9 Å². The van der Waals surface area contributed by atoms with Gasteiger partial charge >= 0.3 is 0 Å². The van der Waals surface area contributed by atoms with Gasteiger partial charge in [0.25, 0.3) is 0 Å². The van der Waals surface area contributed by atoms with Gasteiger partial charge in [0.15, 0.2) is 17.5 Å². The molecule has 8 aromatic rings. The van der Waals surface area contributed by atoms with Crippen molar-refractivity contribution >= 4 is 21.8 Å². The van der Waals surface area contributed by atoms with Crippen LogP contribution in [0.15, 0.2) is 134 Å². The molecule has 1 aliphatic carbocycles. The Balaban J connectivity index is 1.30. The summed E-state index contributed by atoms with van der Waals surface area (Å²) in [4.78, 5) is 24.0. The number of hydrogen-bond donors (Lipinski definition) is 0. The fourth-order valence-corrected chi connectivity index (χ4v) is 7.01. The highest BCUT2D eigenvalue weighted by Gasteiger charge is 2.39. The van der Waals surface area contributed by atoms with Crippen LogP contribution in [0.3, 0.4) is 0 Å². The second kappa shape index (κ2) is 10.0. The van der Waals surface area contributed by atoms with E-state index in [9.17, 15) is 0 Å². The zero-order chi connectivity index (χ0) is 30.8. The highest BCUT2D eigenvalue weighted by Crippen LogP contribution is 2.52. The number of aromatic nitrogens is 6. The normalized spacial score (nSPS) is 13.2. The minimum absolute atomic E-state index is 0.279. The van der Waals surface area contributed by atoms with Crippen molar-refractivity contribution in [1.29, 1.82) is 0 Å². The van der Waals surface area contributed by atoms with E-state index in [1.165, 1.54) is 21.9 Å². The highest BCUT2D eigenvalue weighted by atomic mass is 15.0. The van der Waals surface area contributed by atoms with Crippen molar-refractivity contribution < 1.29 is 0 Å². The summed E-state index contributed by atoms with van der Waals surface area (Å²) in [5.74, 6) is 1.92. The minimum atomic E-state index is -0.279. The van der Waals surface area contributed by atoms with Crippen molar-refractivity contribution in [3.05, 3.63) is 145 Å². The molecular formula is C40H28N6. The lowest BCUT2D eigenvalue weighted by Gasteiger charge is -2.23. The quantitative estimate of drug-likeness (QED) is 0.204. The van der Waals surface area contributed by atoms with Gasteiger partial charge in [0.2, 0.25) is 0 Å². The molecule has 1 aliphatic rings. The van der Waals surface area contributed by atoms with E-state index in [-0.39, 0.29) is 5.41 Å². The van der Waals surface area contributed by atoms with E-state index in [1.807, 2.05) is 66.9 Å². The van der Waals surface area contributed by atoms with E-state index < -0.39 is 0 Å². The molecule has 0 bridgehead atoms. The average molecular weight is 593 g/mol. The first-order chi connectivity index (χ1) is 22.6. The molecule has 46 heavy (non-hydrogen) atoms. The van der Waals surface area contributed by atoms with Crippen LogP contribution < -0.4 is 0 Å². The molecule has 0 radical (unpaired) electrons. The summed E-state index contributed by atoms with van der Waals surface area (Å²) >= 11 is 0. The first-order valence-corrected chi connectivity index (χ1v) is 15.4. The van der Waals surface area contributed by atoms with Gasteiger partial charge in [-0.05, 0) is 23.8 Å². The first kappa shape index (κ1) is 26.4. The zero-order valence-electron chi connectivity index (χ0n) is 25.4. The molecule has 0 atom stereocenters. The molecule has 3 heterocycles. The van der Waals surface area contributed by atoms with Gasteiger partial charge in [0.1, 0.15) is 6.33 Å². The van der Waals surface area contributed by atoms with Crippen LogP contribution in [0.25, 0.3) is 72.9 Å². The fourth-order valence-electron chi connectivity index (χ4n) is 7.01. The van der Waals surface area contributed by atoms with Crippen molar-refractivity contribution in [2.24, 2.45) is 0 Å². The van der Waals surface area contributed by atoms with Gasteiger partial charge in [-0.3, -0.25) is 0 Å². The SMILES string of the molecule is CC1(C)c2cncnc2-c2ccc3c4ccccc4n(-c4cccc(-c5nc(-c6ccccc6)nc(-c6ccccc6)n5)c4)c3c21. The Morgan fingerprint density at radius 3 is 1.93 bits per heavy atom. The Morgan fingerprint density at radius 2 is 1.22 bits per heavy atom. The third-order valence-corrected chi connectivity index (χ3v) is 9.16. The molecule has 0 saturated carbocycles. The summed E-state index contributed by atoms with van der Waals surface area (Å²) in [6, 6.07) is 41.8. The van der Waals surface area contributed by atoms with E-state index in [1.54, 1.807) is 6.33 Å². The molecule has 3 aromatic heterocycles. The number of nitrogens with zero attached hydrogens (tertiary/aromatic N) is 6. The van der Waals surface area contributed by atoms with Crippen LogP contribution >= 0.6 is 0 Å². The fraction of sp³-hybridized carbons (Fsp3) is 0.0750. The minimum Gasteiger partial charge on any atom is -0.309 e. The third kappa shape index (κ3) is 3.93. The molecule has 6 nitrogen and oxygen atoms in total. The number of benzene rings is 5. The summed E-state index contributed by atoms with van der Waals surface area (Å²) in [6.45, 7) is 4.56. The van der Waals surface area contributed by atoms with E-state index >= 15 is 0 Å². The molecule has 0 fully saturated rings. The molecule has 0 unspecified atom stereocenters. The van der Waals surface area contributed by atoms with Crippen LogP contribution in [0, 0.1) is 0 Å². The van der Waals surface area contributed by atoms with Gasteiger partial charge in [-0.2, -0.15) is 0 Å². The van der Waals surface area contributed by atoms with Crippen LogP contribution in [0.2, 0.25) is 0 Å². The molecule has 218 valence electrons. The maximum absolute atomic E-state index is 5.01. The van der Waals surface area contributed by atoms with Crippen LogP contribution in [0.4, 0.5) is 0 Å². The second-order valence-corrected chi connectivity index (χ2v) is 12.2. The van der Waals surface area contributed by atoms with Crippen molar-refractivity contribution in [1.82, 2.24) is 29.5 Å². The van der Waals surface area contributed by atoms with E-state index in [0.717, 1.165) is 44.7 Å². The number of fused-ring (bicyclic) bond motifs is 7. The Morgan fingerprint density at radius 1 is 0.587 bits per heavy atom. The van der Waals surface area contributed by atoms with Gasteiger partial charge in [-0.25, -0.2) is 24.9 Å². The average Bonchev–Trinajstić information content (AvgIpc) is 3.57. The van der Waals surface area contributed by atoms with Crippen LogP contribution in [0.5, 0.6) is 0 Å². The molecule has 5 aromatic carbocycles. The Hall–Kier alpha value is -6.01. The van der Waals surface area contributed by atoms with Crippen molar-refractivity contribution in [3.8, 4) is 51.1 Å². The summed E-state index contributed by atoms with van der Waals surface area (Å²) in [7, 11) is 0. The summed E-state index contributed by atoms with van der Waals surface area (Å²) in [6.07, 6.45) is 3.62. The molecular weight excluding hydrogens is 564 g/mol. The topological polar surface area (TPSA) is 69.4 Å². The van der Waals surface area contributed by atoms with E-state index in [0.29, 0.717) is 17.5 Å². The predicted octanol–water partition coefficient (Wildman–Crippen LogP) is 9.07. The van der Waals surface area contributed by atoms with Crippen LogP contribution in [0.1, 0.15) is 25.0 Å². The van der Waals surface area contributed by atoms with Crippen LogP contribution in [-0.4, -0.2) is 29.5 Å². The smallest absolute Gasteiger partial charge is 0.164 e. The second-order valence-electron chi connectivity index (χ2n) is 12.2.